The van der Waals surface area contributed by atoms with Crippen molar-refractivity contribution in [2.24, 2.45) is 5.41 Å². The lowest BCUT2D eigenvalue weighted by Gasteiger charge is -2.36. The topological polar surface area (TPSA) is 84.2 Å². The van der Waals surface area contributed by atoms with Crippen LogP contribution in [0.2, 0.25) is 0 Å². The van der Waals surface area contributed by atoms with Gasteiger partial charge in [0.15, 0.2) is 5.69 Å². The van der Waals surface area contributed by atoms with Crippen molar-refractivity contribution >= 4 is 17.4 Å². The number of halogens is 7. The highest BCUT2D eigenvalue weighted by atomic mass is 19.4. The fourth-order valence-electron chi connectivity index (χ4n) is 4.37. The lowest BCUT2D eigenvalue weighted by atomic mass is 9.74. The zero-order valence-corrected chi connectivity index (χ0v) is 20.3. The molecular weight excluding hydrogens is 547 g/mol. The second-order valence-corrected chi connectivity index (χ2v) is 9.08. The zero-order valence-electron chi connectivity index (χ0n) is 20.3. The Kier molecular flexibility index (Phi) is 7.59. The molecule has 0 spiro atoms. The van der Waals surface area contributed by atoms with Gasteiger partial charge in [-0.25, -0.2) is 13.9 Å². The molecule has 13 heteroatoms. The molecule has 210 valence electrons. The van der Waals surface area contributed by atoms with E-state index < -0.39 is 65.6 Å². The van der Waals surface area contributed by atoms with E-state index in [0.29, 0.717) is 22.0 Å². The maximum atomic E-state index is 14.3. The highest BCUT2D eigenvalue weighted by Gasteiger charge is 2.55. The van der Waals surface area contributed by atoms with Gasteiger partial charge in [0, 0.05) is 0 Å². The molecule has 1 aliphatic carbocycles. The van der Waals surface area contributed by atoms with Crippen LogP contribution in [0.4, 0.5) is 30.7 Å². The van der Waals surface area contributed by atoms with Crippen LogP contribution in [0, 0.1) is 11.2 Å². The van der Waals surface area contributed by atoms with Gasteiger partial charge in [0.05, 0.1) is 22.9 Å². The van der Waals surface area contributed by atoms with Gasteiger partial charge in [0.2, 0.25) is 0 Å². The van der Waals surface area contributed by atoms with Crippen molar-refractivity contribution in [2.45, 2.75) is 31.2 Å². The van der Waals surface area contributed by atoms with E-state index in [1.54, 1.807) is 35.6 Å². The van der Waals surface area contributed by atoms with Crippen molar-refractivity contribution in [1.29, 1.82) is 0 Å². The third-order valence-corrected chi connectivity index (χ3v) is 6.47. The van der Waals surface area contributed by atoms with Crippen molar-refractivity contribution in [1.82, 2.24) is 15.1 Å². The maximum Gasteiger partial charge on any atom is 0.434 e. The molecule has 2 aromatic carbocycles. The van der Waals surface area contributed by atoms with E-state index in [9.17, 15) is 45.4 Å². The maximum absolute atomic E-state index is 14.3. The molecule has 6 nitrogen and oxygen atoms in total. The van der Waals surface area contributed by atoms with Gasteiger partial charge in [0.1, 0.15) is 11.9 Å². The minimum atomic E-state index is -5.19. The van der Waals surface area contributed by atoms with Gasteiger partial charge in [0.25, 0.3) is 5.91 Å². The van der Waals surface area contributed by atoms with Gasteiger partial charge in [-0.2, -0.15) is 31.4 Å². The number of alkyl halides is 6. The number of benzene rings is 2. The average Bonchev–Trinajstić information content (AvgIpc) is 3.35. The third-order valence-electron chi connectivity index (χ3n) is 6.47. The summed E-state index contributed by atoms with van der Waals surface area (Å²) in [5.74, 6) is -4.21. The Morgan fingerprint density at radius 3 is 2.20 bits per heavy atom. The molecule has 3 aromatic rings. The summed E-state index contributed by atoms with van der Waals surface area (Å²) in [4.78, 5) is 24.8. The molecule has 1 aliphatic rings. The van der Waals surface area contributed by atoms with Crippen molar-refractivity contribution < 1.29 is 45.4 Å². The van der Waals surface area contributed by atoms with Crippen LogP contribution in [0.15, 0.2) is 79.0 Å². The molecule has 2 N–H and O–H groups in total. The fraction of sp³-hybridized carbons (Fsp3) is 0.222. The van der Waals surface area contributed by atoms with E-state index in [2.05, 4.69) is 5.10 Å². The Balaban J connectivity index is 1.63. The highest BCUT2D eigenvalue weighted by Crippen LogP contribution is 2.49. The number of aliphatic carboxylic acids is 1. The van der Waals surface area contributed by atoms with E-state index in [-0.39, 0.29) is 5.69 Å². The van der Waals surface area contributed by atoms with Crippen LogP contribution in [0.25, 0.3) is 11.3 Å². The third kappa shape index (κ3) is 5.77. The van der Waals surface area contributed by atoms with Crippen molar-refractivity contribution in [2.75, 3.05) is 0 Å². The summed E-state index contributed by atoms with van der Waals surface area (Å²) in [7, 11) is 0. The molecule has 0 saturated carbocycles. The Bertz CT molecular complexity index is 1460. The smallest absolute Gasteiger partial charge is 0.434 e. The SMILES string of the molecule is O=C(NC(CC1(C(F)(F)F)C=CC(c2ccccc2)=CC1)C(=O)O)c1cnn(-c2ccc(F)cc2)c1C(F)(F)F. The predicted octanol–water partition coefficient (Wildman–Crippen LogP) is 6.20. The number of hydrogen-bond acceptors (Lipinski definition) is 3. The summed E-state index contributed by atoms with van der Waals surface area (Å²) < 4.78 is 98.2. The lowest BCUT2D eigenvalue weighted by molar-refractivity contribution is -0.209. The van der Waals surface area contributed by atoms with Crippen LogP contribution in [-0.4, -0.2) is 39.0 Å². The zero-order chi connectivity index (χ0) is 29.3. The molecule has 0 saturated heterocycles. The minimum absolute atomic E-state index is 0.257. The molecule has 0 fully saturated rings. The van der Waals surface area contributed by atoms with Gasteiger partial charge in [-0.05, 0) is 48.2 Å². The molecule has 40 heavy (non-hydrogen) atoms. The standard InChI is InChI=1S/C27H20F7N3O3/c28-18-6-8-19(9-7-18)37-22(26(29,30)31)20(15-35-37)23(38)36-21(24(39)40)14-25(27(32,33)34)12-10-17(11-13-25)16-4-2-1-3-5-16/h1-12,15,21H,13-14H2,(H,36,38)(H,39,40). The predicted molar refractivity (Wildman–Crippen MR) is 129 cm³/mol. The summed E-state index contributed by atoms with van der Waals surface area (Å²) in [6, 6.07) is 9.94. The number of nitrogens with one attached hydrogen (secondary N) is 1. The largest absolute Gasteiger partial charge is 0.480 e. The quantitative estimate of drug-likeness (QED) is 0.334. The van der Waals surface area contributed by atoms with Crippen LogP contribution >= 0.6 is 0 Å². The summed E-state index contributed by atoms with van der Waals surface area (Å²) in [6.07, 6.45) is -8.17. The van der Waals surface area contributed by atoms with Gasteiger partial charge in [-0.1, -0.05) is 48.6 Å². The summed E-state index contributed by atoms with van der Waals surface area (Å²) in [5.41, 5.74) is -4.59. The summed E-state index contributed by atoms with van der Waals surface area (Å²) in [6.45, 7) is 0. The summed E-state index contributed by atoms with van der Waals surface area (Å²) in [5, 5.41) is 15.0. The molecular formula is C27H20F7N3O3. The number of carbonyl (C=O) groups excluding carboxylic acids is 1. The van der Waals surface area contributed by atoms with E-state index in [4.69, 9.17) is 0 Å². The normalized spacial score (nSPS) is 18.2. The molecule has 1 aromatic heterocycles. The number of rotatable bonds is 7. The Morgan fingerprint density at radius 1 is 1.02 bits per heavy atom. The first kappa shape index (κ1) is 28.6. The first-order chi connectivity index (χ1) is 18.7. The molecule has 0 radical (unpaired) electrons. The number of carbonyl (C=O) groups is 2. The minimum Gasteiger partial charge on any atom is -0.480 e. The van der Waals surface area contributed by atoms with Crippen LogP contribution in [0.5, 0.6) is 0 Å². The average molecular weight is 567 g/mol. The van der Waals surface area contributed by atoms with E-state index >= 15 is 0 Å². The van der Waals surface area contributed by atoms with Crippen LogP contribution < -0.4 is 5.32 Å². The van der Waals surface area contributed by atoms with Crippen molar-refractivity contribution in [3.8, 4) is 5.69 Å². The number of hydrogen-bond donors (Lipinski definition) is 2. The molecule has 4 rings (SSSR count). The number of carboxylic acid groups (broad SMARTS) is 1. The van der Waals surface area contributed by atoms with Crippen LogP contribution in [0.3, 0.4) is 0 Å². The first-order valence-corrected chi connectivity index (χ1v) is 11.7. The highest BCUT2D eigenvalue weighted by molar-refractivity contribution is 5.97. The molecule has 0 aliphatic heterocycles. The van der Waals surface area contributed by atoms with Gasteiger partial charge in [-0.3, -0.25) is 4.79 Å². The van der Waals surface area contributed by atoms with Crippen molar-refractivity contribution in [3.05, 3.63) is 102 Å². The Hall–Kier alpha value is -4.42. The van der Waals surface area contributed by atoms with Gasteiger partial charge < -0.3 is 10.4 Å². The van der Waals surface area contributed by atoms with E-state index in [1.165, 1.54) is 12.2 Å². The molecule has 2 atom stereocenters. The number of nitrogens with zero attached hydrogens (tertiary/aromatic N) is 2. The Labute approximate surface area is 222 Å². The second-order valence-electron chi connectivity index (χ2n) is 9.08. The van der Waals surface area contributed by atoms with Crippen LogP contribution in [-0.2, 0) is 11.0 Å². The number of amides is 1. The molecule has 0 bridgehead atoms. The van der Waals surface area contributed by atoms with Gasteiger partial charge >= 0.3 is 18.3 Å². The Morgan fingerprint density at radius 2 is 1.68 bits per heavy atom. The number of carboxylic acids is 1. The molecule has 2 unspecified atom stereocenters. The lowest BCUT2D eigenvalue weighted by Crippen LogP contribution is -2.48. The van der Waals surface area contributed by atoms with E-state index in [0.717, 1.165) is 30.3 Å². The molecule has 1 heterocycles. The van der Waals surface area contributed by atoms with Gasteiger partial charge in [-0.15, -0.1) is 0 Å². The fourth-order valence-corrected chi connectivity index (χ4v) is 4.37. The van der Waals surface area contributed by atoms with E-state index in [1.807, 2.05) is 0 Å². The summed E-state index contributed by atoms with van der Waals surface area (Å²) >= 11 is 0. The molecule has 1 amide bonds. The van der Waals surface area contributed by atoms with Crippen LogP contribution in [0.1, 0.15) is 34.5 Å². The number of allylic oxidation sites excluding steroid dienone is 4. The number of aromatic nitrogens is 2. The monoisotopic (exact) mass is 567 g/mol. The van der Waals surface area contributed by atoms with Crippen molar-refractivity contribution in [3.63, 3.8) is 0 Å². The second kappa shape index (κ2) is 10.6. The first-order valence-electron chi connectivity index (χ1n) is 11.7.